The Morgan fingerprint density at radius 1 is 0.380 bits per heavy atom. The van der Waals surface area contributed by atoms with Gasteiger partial charge in [0.25, 0.3) is 0 Å². The molecular weight excluding hydrogens is 796 g/mol. The SMILES string of the molecule is CCO[Si](CCC(F)(F)C(F)(F)C(F)(F)C(F)(F)C(F)(F)C(F)(F)C(F)(F)C(F)(F)F)(OCC)OCC.CO[Si](CCC(F)(F)F)(OC)OC. The fourth-order valence-corrected chi connectivity index (χ4v) is 7.84. The fourth-order valence-electron chi connectivity index (χ4n) is 3.52. The Morgan fingerprint density at radius 3 is 0.920 bits per heavy atom. The van der Waals surface area contributed by atoms with Gasteiger partial charge in [-0.25, -0.2) is 0 Å². The Hall–Kier alpha value is -1.21. The minimum absolute atomic E-state index is 0.250. The van der Waals surface area contributed by atoms with Crippen molar-refractivity contribution in [3.05, 3.63) is 0 Å². The van der Waals surface area contributed by atoms with Gasteiger partial charge in [-0.05, 0) is 20.8 Å². The van der Waals surface area contributed by atoms with Crippen molar-refractivity contribution in [2.75, 3.05) is 41.2 Å². The van der Waals surface area contributed by atoms with Crippen LogP contribution in [0.5, 0.6) is 0 Å². The average Bonchev–Trinajstić information content (AvgIpc) is 2.96. The standard InChI is InChI=1S/C16H19F17O3Si.C6H13F3O3Si/c1-4-34-37(35-5-2,36-6-3)8-7-9(17,18)10(19,20)11(21,22)12(23,24)13(25,26)14(27,28)15(29,30)16(31,32)33;1-10-13(11-2,12-3)5-4-6(7,8)9/h4-8H2,1-3H3;4-5H2,1-3H3. The van der Waals surface area contributed by atoms with E-state index < -0.39 is 110 Å². The zero-order chi connectivity index (χ0) is 40.7. The van der Waals surface area contributed by atoms with Crippen LogP contribution >= 0.6 is 0 Å². The number of halogens is 20. The normalized spacial score (nSPS) is 15.2. The van der Waals surface area contributed by atoms with Gasteiger partial charge >= 0.3 is 71.4 Å². The summed E-state index contributed by atoms with van der Waals surface area (Å²) in [6.07, 6.45) is -15.6. The lowest BCUT2D eigenvalue weighted by atomic mass is 9.88. The molecule has 0 aliphatic rings. The van der Waals surface area contributed by atoms with Crippen molar-refractivity contribution in [3.8, 4) is 0 Å². The summed E-state index contributed by atoms with van der Waals surface area (Å²) in [5.74, 6) is -56.5. The van der Waals surface area contributed by atoms with Crippen molar-refractivity contribution in [1.82, 2.24) is 0 Å². The van der Waals surface area contributed by atoms with Crippen molar-refractivity contribution in [2.24, 2.45) is 0 Å². The minimum atomic E-state index is -8.65. The highest BCUT2D eigenvalue weighted by atomic mass is 28.4. The van der Waals surface area contributed by atoms with Gasteiger partial charge in [0.2, 0.25) is 0 Å². The van der Waals surface area contributed by atoms with E-state index >= 15 is 0 Å². The van der Waals surface area contributed by atoms with Gasteiger partial charge in [0.05, 0.1) is 0 Å². The number of hydrogen-bond acceptors (Lipinski definition) is 6. The predicted octanol–water partition coefficient (Wildman–Crippen LogP) is 9.25. The quantitative estimate of drug-likeness (QED) is 0.0902. The molecule has 0 atom stereocenters. The van der Waals surface area contributed by atoms with Crippen LogP contribution < -0.4 is 0 Å². The maximum atomic E-state index is 14.1. The molecule has 0 aromatic carbocycles. The van der Waals surface area contributed by atoms with Gasteiger partial charge in [0.15, 0.2) is 0 Å². The third-order valence-corrected chi connectivity index (χ3v) is 12.0. The highest BCUT2D eigenvalue weighted by molar-refractivity contribution is 6.61. The topological polar surface area (TPSA) is 55.4 Å². The van der Waals surface area contributed by atoms with Crippen molar-refractivity contribution in [3.63, 3.8) is 0 Å². The zero-order valence-electron chi connectivity index (χ0n) is 26.5. The molecule has 0 amide bonds. The van der Waals surface area contributed by atoms with Crippen LogP contribution in [0.25, 0.3) is 0 Å². The molecule has 28 heteroatoms. The second-order valence-corrected chi connectivity index (χ2v) is 15.4. The van der Waals surface area contributed by atoms with Crippen LogP contribution in [0.3, 0.4) is 0 Å². The van der Waals surface area contributed by atoms with Crippen LogP contribution in [-0.2, 0) is 26.6 Å². The van der Waals surface area contributed by atoms with E-state index in [1.165, 1.54) is 42.1 Å². The number of hydrogen-bond donors (Lipinski definition) is 0. The molecule has 50 heavy (non-hydrogen) atoms. The van der Waals surface area contributed by atoms with Crippen molar-refractivity contribution in [2.45, 2.75) is 99.5 Å². The molecule has 0 bridgehead atoms. The summed E-state index contributed by atoms with van der Waals surface area (Å²) < 4.78 is 291. The van der Waals surface area contributed by atoms with Gasteiger partial charge in [-0.15, -0.1) is 0 Å². The molecule has 6 nitrogen and oxygen atoms in total. The van der Waals surface area contributed by atoms with E-state index in [9.17, 15) is 87.8 Å². The minimum Gasteiger partial charge on any atom is -0.377 e. The Balaban J connectivity index is 0. The highest BCUT2D eigenvalue weighted by Crippen LogP contribution is 2.64. The van der Waals surface area contributed by atoms with Crippen LogP contribution in [0.2, 0.25) is 12.1 Å². The van der Waals surface area contributed by atoms with Gasteiger partial charge in [-0.3, -0.25) is 0 Å². The second-order valence-electron chi connectivity index (χ2n) is 9.54. The molecule has 0 rings (SSSR count). The molecule has 0 unspecified atom stereocenters. The lowest BCUT2D eigenvalue weighted by Crippen LogP contribution is -2.74. The molecule has 0 aromatic rings. The van der Waals surface area contributed by atoms with Gasteiger partial charge in [0, 0.05) is 66.1 Å². The van der Waals surface area contributed by atoms with E-state index in [0.717, 1.165) is 0 Å². The summed E-state index contributed by atoms with van der Waals surface area (Å²) in [6, 6.07) is -1.81. The lowest BCUT2D eigenvalue weighted by Gasteiger charge is -2.43. The fraction of sp³-hybridized carbons (Fsp3) is 1.00. The zero-order valence-corrected chi connectivity index (χ0v) is 28.5. The van der Waals surface area contributed by atoms with E-state index in [2.05, 4.69) is 0 Å². The Bertz CT molecular complexity index is 996. The van der Waals surface area contributed by atoms with Crippen LogP contribution in [-0.4, -0.2) is 113 Å². The summed E-state index contributed by atoms with van der Waals surface area (Å²) in [7, 11) is -3.62. The molecular formula is C22H32F20O6Si2. The van der Waals surface area contributed by atoms with E-state index in [1.54, 1.807) is 0 Å². The largest absolute Gasteiger partial charge is 0.501 e. The molecule has 0 radical (unpaired) electrons. The molecule has 0 aliphatic carbocycles. The first-order valence-electron chi connectivity index (χ1n) is 13.4. The third kappa shape index (κ3) is 10.5. The summed E-state index contributed by atoms with van der Waals surface area (Å²) in [6.45, 7) is 2.33. The molecule has 0 spiro atoms. The summed E-state index contributed by atoms with van der Waals surface area (Å²) in [4.78, 5) is 0. The van der Waals surface area contributed by atoms with Crippen molar-refractivity contribution in [1.29, 1.82) is 0 Å². The van der Waals surface area contributed by atoms with Crippen molar-refractivity contribution < 1.29 is 114 Å². The van der Waals surface area contributed by atoms with Crippen molar-refractivity contribution >= 4 is 17.6 Å². The number of rotatable bonds is 20. The van der Waals surface area contributed by atoms with E-state index in [-0.39, 0.29) is 6.04 Å². The van der Waals surface area contributed by atoms with Gasteiger partial charge in [-0.1, -0.05) is 0 Å². The van der Waals surface area contributed by atoms with Crippen LogP contribution in [0.4, 0.5) is 87.8 Å². The monoisotopic (exact) mass is 828 g/mol. The third-order valence-electron chi connectivity index (χ3n) is 6.27. The Morgan fingerprint density at radius 2 is 0.660 bits per heavy atom. The molecule has 0 N–H and O–H groups in total. The Kier molecular flexibility index (Phi) is 17.6. The van der Waals surface area contributed by atoms with Crippen LogP contribution in [0.15, 0.2) is 0 Å². The first-order chi connectivity index (χ1) is 22.0. The van der Waals surface area contributed by atoms with Crippen LogP contribution in [0.1, 0.15) is 33.6 Å². The molecule has 0 fully saturated rings. The Labute approximate surface area is 273 Å². The van der Waals surface area contributed by atoms with E-state index in [1.807, 2.05) is 0 Å². The summed E-state index contributed by atoms with van der Waals surface area (Å²) in [5, 5.41) is 0. The molecule has 0 saturated carbocycles. The maximum Gasteiger partial charge on any atom is 0.501 e. The smallest absolute Gasteiger partial charge is 0.377 e. The molecule has 304 valence electrons. The summed E-state index contributed by atoms with van der Waals surface area (Å²) >= 11 is 0. The van der Waals surface area contributed by atoms with Gasteiger partial charge in [0.1, 0.15) is 0 Å². The first-order valence-corrected chi connectivity index (χ1v) is 17.2. The van der Waals surface area contributed by atoms with E-state index in [0.29, 0.717) is 0 Å². The predicted molar refractivity (Wildman–Crippen MR) is 133 cm³/mol. The van der Waals surface area contributed by atoms with E-state index in [4.69, 9.17) is 26.6 Å². The average molecular weight is 829 g/mol. The highest BCUT2D eigenvalue weighted by Gasteiger charge is 2.95. The van der Waals surface area contributed by atoms with Gasteiger partial charge < -0.3 is 26.6 Å². The molecule has 0 saturated heterocycles. The first kappa shape index (κ1) is 50.9. The van der Waals surface area contributed by atoms with Crippen LogP contribution in [0, 0.1) is 0 Å². The maximum absolute atomic E-state index is 14.1. The lowest BCUT2D eigenvalue weighted by molar-refractivity contribution is -0.461. The van der Waals surface area contributed by atoms with Gasteiger partial charge in [-0.2, -0.15) is 87.8 Å². The second kappa shape index (κ2) is 17.3. The number of alkyl halides is 20. The molecule has 0 aromatic heterocycles. The molecule has 0 aliphatic heterocycles. The summed E-state index contributed by atoms with van der Waals surface area (Å²) in [5.41, 5.74) is 0. The molecule has 0 heterocycles.